The van der Waals surface area contributed by atoms with Gasteiger partial charge in [-0.3, -0.25) is 0 Å². The lowest BCUT2D eigenvalue weighted by Crippen LogP contribution is -2.10. The van der Waals surface area contributed by atoms with E-state index in [2.05, 4.69) is 11.2 Å². The fourth-order valence-corrected chi connectivity index (χ4v) is 2.81. The van der Waals surface area contributed by atoms with Crippen LogP contribution in [-0.2, 0) is 0 Å². The third kappa shape index (κ3) is 3.08. The molecule has 0 spiro atoms. The highest BCUT2D eigenvalue weighted by molar-refractivity contribution is 5.43. The van der Waals surface area contributed by atoms with Crippen molar-refractivity contribution in [1.82, 2.24) is 9.38 Å². The van der Waals surface area contributed by atoms with Crippen molar-refractivity contribution in [2.24, 2.45) is 5.73 Å². The molecule has 1 saturated carbocycles. The molecule has 0 amide bonds. The summed E-state index contributed by atoms with van der Waals surface area (Å²) >= 11 is 0. The number of nitrogens with zero attached hydrogens (tertiary/aromatic N) is 2. The number of pyridine rings is 1. The number of hydrogen-bond donors (Lipinski definition) is 1. The van der Waals surface area contributed by atoms with Gasteiger partial charge in [0.1, 0.15) is 18.0 Å². The predicted octanol–water partition coefficient (Wildman–Crippen LogP) is 3.18. The Kier molecular flexibility index (Phi) is 4.20. The highest BCUT2D eigenvalue weighted by Crippen LogP contribution is 2.33. The van der Waals surface area contributed by atoms with Crippen LogP contribution >= 0.6 is 0 Å². The molecule has 112 valence electrons. The van der Waals surface area contributed by atoms with Gasteiger partial charge in [0.25, 0.3) is 0 Å². The Balaban J connectivity index is 1.76. The van der Waals surface area contributed by atoms with Gasteiger partial charge in [-0.1, -0.05) is 12.8 Å². The van der Waals surface area contributed by atoms with E-state index in [1.54, 1.807) is 0 Å². The molecule has 0 aliphatic heterocycles. The molecule has 5 heteroatoms. The first-order valence-corrected chi connectivity index (χ1v) is 7.40. The van der Waals surface area contributed by atoms with E-state index in [9.17, 15) is 4.39 Å². The number of ether oxygens (including phenoxy) is 1. The van der Waals surface area contributed by atoms with E-state index >= 15 is 0 Å². The minimum atomic E-state index is 0.162. The van der Waals surface area contributed by atoms with Crippen molar-refractivity contribution in [3.8, 4) is 5.75 Å². The minimum Gasteiger partial charge on any atom is -0.488 e. The molecule has 0 atom stereocenters. The first-order valence-electron chi connectivity index (χ1n) is 7.40. The van der Waals surface area contributed by atoms with Crippen molar-refractivity contribution in [3.63, 3.8) is 0 Å². The third-order valence-corrected chi connectivity index (χ3v) is 4.06. The molecule has 2 N–H and O–H groups in total. The largest absolute Gasteiger partial charge is 0.488 e. The summed E-state index contributed by atoms with van der Waals surface area (Å²) in [7, 11) is 0. The Morgan fingerprint density at radius 1 is 1.38 bits per heavy atom. The summed E-state index contributed by atoms with van der Waals surface area (Å²) in [6.45, 7) is 0.332. The Hall–Kier alpha value is -1.88. The van der Waals surface area contributed by atoms with Crippen LogP contribution < -0.4 is 10.5 Å². The van der Waals surface area contributed by atoms with Gasteiger partial charge in [0, 0.05) is 24.2 Å². The summed E-state index contributed by atoms with van der Waals surface area (Å²) in [6, 6.07) is 3.78. The average molecular weight is 289 g/mol. The summed E-state index contributed by atoms with van der Waals surface area (Å²) < 4.78 is 20.0. The summed E-state index contributed by atoms with van der Waals surface area (Å²) in [5, 5.41) is 0. The third-order valence-electron chi connectivity index (χ3n) is 4.06. The molecule has 0 radical (unpaired) electrons. The topological polar surface area (TPSA) is 52.5 Å². The Morgan fingerprint density at radius 2 is 2.19 bits per heavy atom. The second-order valence-electron chi connectivity index (χ2n) is 5.54. The smallest absolute Gasteiger partial charge is 0.137 e. The number of halogens is 1. The molecule has 0 saturated heterocycles. The highest BCUT2D eigenvalue weighted by Gasteiger charge is 2.19. The molecule has 2 aromatic heterocycles. The predicted molar refractivity (Wildman–Crippen MR) is 80.1 cm³/mol. The summed E-state index contributed by atoms with van der Waals surface area (Å²) in [5.41, 5.74) is 7.93. The van der Waals surface area contributed by atoms with Gasteiger partial charge in [0.2, 0.25) is 0 Å². The van der Waals surface area contributed by atoms with E-state index in [1.807, 2.05) is 22.7 Å². The molecule has 0 bridgehead atoms. The zero-order valence-corrected chi connectivity index (χ0v) is 12.0. The number of fused-ring (bicyclic) bond motifs is 1. The zero-order chi connectivity index (χ0) is 14.7. The Labute approximate surface area is 123 Å². The average Bonchev–Trinajstić information content (AvgIpc) is 3.16. The van der Waals surface area contributed by atoms with Crippen LogP contribution in [0.1, 0.15) is 37.3 Å². The van der Waals surface area contributed by atoms with Gasteiger partial charge >= 0.3 is 0 Å². The van der Waals surface area contributed by atoms with Crippen molar-refractivity contribution in [3.05, 3.63) is 42.1 Å². The molecule has 0 unspecified atom stereocenters. The number of rotatable bonds is 5. The van der Waals surface area contributed by atoms with Crippen LogP contribution in [0.15, 0.2) is 36.4 Å². The Morgan fingerprint density at radius 3 is 2.90 bits per heavy atom. The van der Waals surface area contributed by atoms with Crippen molar-refractivity contribution in [1.29, 1.82) is 0 Å². The monoisotopic (exact) mass is 289 g/mol. The van der Waals surface area contributed by atoms with Crippen molar-refractivity contribution < 1.29 is 9.13 Å². The van der Waals surface area contributed by atoms with Crippen molar-refractivity contribution in [2.75, 3.05) is 13.2 Å². The Bertz CT molecular complexity index is 644. The maximum atomic E-state index is 12.5. The van der Waals surface area contributed by atoms with Crippen LogP contribution in [-0.4, -0.2) is 22.5 Å². The van der Waals surface area contributed by atoms with Gasteiger partial charge < -0.3 is 14.9 Å². The molecule has 3 rings (SSSR count). The fraction of sp³-hybridized carbons (Fsp3) is 0.438. The van der Waals surface area contributed by atoms with Gasteiger partial charge in [-0.25, -0.2) is 9.37 Å². The number of aromatic nitrogens is 2. The number of imidazole rings is 1. The molecule has 0 aromatic carbocycles. The lowest BCUT2D eigenvalue weighted by molar-refractivity contribution is 0.346. The number of hydrogen-bond acceptors (Lipinski definition) is 3. The number of nitrogens with two attached hydrogens (primary N) is 1. The van der Waals surface area contributed by atoms with Crippen LogP contribution in [0.4, 0.5) is 4.39 Å². The normalized spacial score (nSPS) is 16.8. The van der Waals surface area contributed by atoms with E-state index in [-0.39, 0.29) is 13.2 Å². The van der Waals surface area contributed by atoms with Crippen LogP contribution in [0.2, 0.25) is 0 Å². The molecule has 4 nitrogen and oxygen atoms in total. The molecule has 2 aromatic rings. The molecule has 2 heterocycles. The maximum absolute atomic E-state index is 12.5. The lowest BCUT2D eigenvalue weighted by Gasteiger charge is -2.07. The molecule has 21 heavy (non-hydrogen) atoms. The van der Waals surface area contributed by atoms with Crippen molar-refractivity contribution in [2.45, 2.75) is 31.6 Å². The quantitative estimate of drug-likeness (QED) is 0.919. The van der Waals surface area contributed by atoms with Gasteiger partial charge in [-0.2, -0.15) is 0 Å². The van der Waals surface area contributed by atoms with E-state index in [0.29, 0.717) is 23.6 Å². The van der Waals surface area contributed by atoms with Crippen LogP contribution in [0.5, 0.6) is 5.75 Å². The summed E-state index contributed by atoms with van der Waals surface area (Å²) in [5.74, 6) is 1.28. The van der Waals surface area contributed by atoms with E-state index in [0.717, 1.165) is 11.3 Å². The fourth-order valence-electron chi connectivity index (χ4n) is 2.81. The van der Waals surface area contributed by atoms with Gasteiger partial charge in [-0.05, 0) is 25.0 Å². The first-order chi connectivity index (χ1) is 10.3. The SMILES string of the molecule is NC/C(=C/F)COc1ccc2nc(C3CCCC3)cn2c1. The van der Waals surface area contributed by atoms with Gasteiger partial charge in [0.15, 0.2) is 0 Å². The van der Waals surface area contributed by atoms with Gasteiger partial charge in [0.05, 0.1) is 18.2 Å². The second-order valence-corrected chi connectivity index (χ2v) is 5.54. The van der Waals surface area contributed by atoms with Crippen LogP contribution in [0, 0.1) is 0 Å². The van der Waals surface area contributed by atoms with E-state index in [4.69, 9.17) is 10.5 Å². The lowest BCUT2D eigenvalue weighted by atomic mass is 10.1. The molecule has 1 aliphatic rings. The summed E-state index contributed by atoms with van der Waals surface area (Å²) in [4.78, 5) is 4.68. The standard InChI is InChI=1S/C16H20FN3O/c17-7-12(8-18)11-21-14-5-6-16-19-15(10-20(16)9-14)13-3-1-2-4-13/h5-7,9-10,13H,1-4,8,11,18H2/b12-7-. The molecule has 1 aliphatic carbocycles. The molecular weight excluding hydrogens is 269 g/mol. The molecule has 1 fully saturated rings. The minimum absolute atomic E-state index is 0.162. The molecular formula is C16H20FN3O. The second kappa shape index (κ2) is 6.26. The highest BCUT2D eigenvalue weighted by atomic mass is 19.1. The van der Waals surface area contributed by atoms with Crippen LogP contribution in [0.25, 0.3) is 5.65 Å². The van der Waals surface area contributed by atoms with Gasteiger partial charge in [-0.15, -0.1) is 0 Å². The zero-order valence-electron chi connectivity index (χ0n) is 12.0. The summed E-state index contributed by atoms with van der Waals surface area (Å²) in [6.07, 6.45) is 9.52. The maximum Gasteiger partial charge on any atom is 0.137 e. The van der Waals surface area contributed by atoms with E-state index < -0.39 is 0 Å². The first kappa shape index (κ1) is 14.1. The van der Waals surface area contributed by atoms with E-state index in [1.165, 1.54) is 25.7 Å². The van der Waals surface area contributed by atoms with Crippen molar-refractivity contribution >= 4 is 5.65 Å². The van der Waals surface area contributed by atoms with Crippen LogP contribution in [0.3, 0.4) is 0 Å².